The van der Waals surface area contributed by atoms with Gasteiger partial charge < -0.3 is 18.0 Å². The van der Waals surface area contributed by atoms with Crippen molar-refractivity contribution >= 4 is 14.8 Å². The highest BCUT2D eigenvalue weighted by molar-refractivity contribution is 6.61. The Labute approximate surface area is 90.6 Å². The fraction of sp³-hybridized carbons (Fsp3) is 0.444. The summed E-state index contributed by atoms with van der Waals surface area (Å²) in [6.07, 6.45) is 3.96. The van der Waals surface area contributed by atoms with Gasteiger partial charge >= 0.3 is 14.8 Å². The van der Waals surface area contributed by atoms with Crippen molar-refractivity contribution in [2.75, 3.05) is 21.3 Å². The molecule has 0 heterocycles. The summed E-state index contributed by atoms with van der Waals surface area (Å²) in [7, 11) is 1.95. The number of ether oxygens (including phenoxy) is 1. The third kappa shape index (κ3) is 4.89. The molecule has 6 heteroatoms. The van der Waals surface area contributed by atoms with Gasteiger partial charge in [0, 0.05) is 33.4 Å². The molecule has 0 spiro atoms. The van der Waals surface area contributed by atoms with Crippen LogP contribution in [0.2, 0.25) is 6.04 Å². The third-order valence-corrected chi connectivity index (χ3v) is 4.35. The number of hydrogen-bond acceptors (Lipinski definition) is 5. The summed E-state index contributed by atoms with van der Waals surface area (Å²) in [5.74, 6) is -0.509. The van der Waals surface area contributed by atoms with Crippen molar-refractivity contribution in [1.29, 1.82) is 0 Å². The van der Waals surface area contributed by atoms with Crippen LogP contribution in [0.1, 0.15) is 0 Å². The summed E-state index contributed by atoms with van der Waals surface area (Å²) < 4.78 is 20.1. The van der Waals surface area contributed by atoms with E-state index in [-0.39, 0.29) is 0 Å². The van der Waals surface area contributed by atoms with E-state index in [0.717, 1.165) is 6.08 Å². The molecule has 0 radical (unpaired) electrons. The van der Waals surface area contributed by atoms with Crippen molar-refractivity contribution < 1.29 is 22.8 Å². The lowest BCUT2D eigenvalue weighted by molar-refractivity contribution is -0.132. The molecule has 0 fully saturated rings. The maximum absolute atomic E-state index is 10.7. The zero-order valence-electron chi connectivity index (χ0n) is 9.19. The second-order valence-electron chi connectivity index (χ2n) is 2.51. The minimum Gasteiger partial charge on any atom is -0.432 e. The Morgan fingerprint density at radius 1 is 1.27 bits per heavy atom. The van der Waals surface area contributed by atoms with E-state index in [9.17, 15) is 4.79 Å². The highest BCUT2D eigenvalue weighted by Gasteiger charge is 2.36. The van der Waals surface area contributed by atoms with E-state index < -0.39 is 14.8 Å². The smallest absolute Gasteiger partial charge is 0.432 e. The number of allylic oxidation sites excluding steroid dienone is 1. The Morgan fingerprint density at radius 3 is 2.20 bits per heavy atom. The van der Waals surface area contributed by atoms with Crippen molar-refractivity contribution in [1.82, 2.24) is 0 Å². The minimum absolute atomic E-state index is 0.431. The van der Waals surface area contributed by atoms with Crippen molar-refractivity contribution in [3.8, 4) is 0 Å². The summed E-state index contributed by atoms with van der Waals surface area (Å²) in [5, 5.41) is 0. The lowest BCUT2D eigenvalue weighted by atomic mass is 10.6. The first kappa shape index (κ1) is 14.0. The summed E-state index contributed by atoms with van der Waals surface area (Å²) in [6.45, 7) is 3.26. The Kier molecular flexibility index (Phi) is 6.89. The molecule has 0 unspecified atom stereocenters. The first-order valence-electron chi connectivity index (χ1n) is 4.27. The van der Waals surface area contributed by atoms with Gasteiger partial charge in [-0.05, 0) is 6.08 Å². The molecular weight excluding hydrogens is 216 g/mol. The van der Waals surface area contributed by atoms with Crippen LogP contribution in [-0.4, -0.2) is 36.1 Å². The largest absolute Gasteiger partial charge is 0.504 e. The van der Waals surface area contributed by atoms with Gasteiger partial charge in [-0.3, -0.25) is 0 Å². The molecule has 0 aliphatic carbocycles. The lowest BCUT2D eigenvalue weighted by Crippen LogP contribution is -2.42. The van der Waals surface area contributed by atoms with E-state index in [2.05, 4.69) is 11.3 Å². The van der Waals surface area contributed by atoms with Crippen LogP contribution in [0.5, 0.6) is 0 Å². The molecule has 0 aromatic carbocycles. The van der Waals surface area contributed by atoms with Crippen molar-refractivity contribution in [2.24, 2.45) is 0 Å². The fourth-order valence-corrected chi connectivity index (χ4v) is 2.24. The molecule has 0 aromatic rings. The third-order valence-electron chi connectivity index (χ3n) is 1.75. The predicted molar refractivity (Wildman–Crippen MR) is 57.0 cm³/mol. The molecule has 0 saturated carbocycles. The first-order chi connectivity index (χ1) is 7.14. The quantitative estimate of drug-likeness (QED) is 0.285. The van der Waals surface area contributed by atoms with E-state index in [1.165, 1.54) is 27.6 Å². The summed E-state index contributed by atoms with van der Waals surface area (Å²) >= 11 is 0. The van der Waals surface area contributed by atoms with Gasteiger partial charge in [-0.2, -0.15) is 0 Å². The van der Waals surface area contributed by atoms with Gasteiger partial charge in [-0.25, -0.2) is 4.79 Å². The highest BCUT2D eigenvalue weighted by Crippen LogP contribution is 2.12. The predicted octanol–water partition coefficient (Wildman–Crippen LogP) is 1.11. The van der Waals surface area contributed by atoms with Crippen LogP contribution < -0.4 is 0 Å². The molecule has 0 saturated heterocycles. The van der Waals surface area contributed by atoms with Gasteiger partial charge in [-0.1, -0.05) is 6.58 Å². The first-order valence-corrected chi connectivity index (χ1v) is 6.20. The number of rotatable bonds is 7. The van der Waals surface area contributed by atoms with Gasteiger partial charge in [0.05, 0.1) is 6.26 Å². The van der Waals surface area contributed by atoms with Crippen LogP contribution in [0.25, 0.3) is 0 Å². The van der Waals surface area contributed by atoms with Gasteiger partial charge in [0.25, 0.3) is 0 Å². The van der Waals surface area contributed by atoms with Crippen molar-refractivity contribution in [3.05, 3.63) is 25.0 Å². The van der Waals surface area contributed by atoms with Gasteiger partial charge in [0.15, 0.2) is 0 Å². The molecular formula is C9H16O5Si. The van der Waals surface area contributed by atoms with E-state index in [1.54, 1.807) is 6.08 Å². The Morgan fingerprint density at radius 2 is 1.80 bits per heavy atom. The Balaban J connectivity index is 4.10. The summed E-state index contributed by atoms with van der Waals surface area (Å²) in [6, 6.07) is 0.431. The lowest BCUT2D eigenvalue weighted by Gasteiger charge is -2.22. The van der Waals surface area contributed by atoms with Gasteiger partial charge in [-0.15, -0.1) is 0 Å². The molecule has 15 heavy (non-hydrogen) atoms. The van der Waals surface area contributed by atoms with E-state index in [1.807, 2.05) is 0 Å². The van der Waals surface area contributed by atoms with Crippen LogP contribution in [0.4, 0.5) is 0 Å². The molecule has 0 aliphatic rings. The molecule has 0 N–H and O–H groups in total. The molecule has 5 nitrogen and oxygen atoms in total. The average molecular weight is 232 g/mol. The van der Waals surface area contributed by atoms with Crippen LogP contribution in [0.15, 0.2) is 25.0 Å². The minimum atomic E-state index is -2.60. The number of hydrogen-bond donors (Lipinski definition) is 0. The zero-order chi connectivity index (χ0) is 11.7. The second kappa shape index (κ2) is 7.35. The van der Waals surface area contributed by atoms with E-state index in [0.29, 0.717) is 6.04 Å². The van der Waals surface area contributed by atoms with Crippen molar-refractivity contribution in [3.63, 3.8) is 0 Å². The van der Waals surface area contributed by atoms with Crippen molar-refractivity contribution in [2.45, 2.75) is 6.04 Å². The number of carbonyl (C=O) groups excluding carboxylic acids is 1. The van der Waals surface area contributed by atoms with Crippen LogP contribution in [0.3, 0.4) is 0 Å². The molecule has 0 bridgehead atoms. The van der Waals surface area contributed by atoms with Crippen LogP contribution in [-0.2, 0) is 22.8 Å². The molecule has 86 valence electrons. The van der Waals surface area contributed by atoms with E-state index >= 15 is 0 Å². The average Bonchev–Trinajstić information content (AvgIpc) is 2.30. The Hall–Kier alpha value is -0.953. The topological polar surface area (TPSA) is 54.0 Å². The standard InChI is InChI=1S/C9H16O5Si/c1-5-9(10)14-7-6-8-15(11-2,12-3)13-4/h5-7H,1,8H2,2-4H3. The molecule has 0 rings (SSSR count). The maximum atomic E-state index is 10.7. The zero-order valence-corrected chi connectivity index (χ0v) is 10.2. The normalized spacial score (nSPS) is 11.7. The molecule has 0 aliphatic heterocycles. The van der Waals surface area contributed by atoms with E-state index in [4.69, 9.17) is 13.3 Å². The maximum Gasteiger partial charge on any atom is 0.504 e. The van der Waals surface area contributed by atoms with Crippen LogP contribution >= 0.6 is 0 Å². The van der Waals surface area contributed by atoms with Crippen LogP contribution in [0, 0.1) is 0 Å². The molecule has 0 atom stereocenters. The molecule has 0 amide bonds. The number of carbonyl (C=O) groups is 1. The SMILES string of the molecule is C=CC(=O)OC=CC[Si](OC)(OC)OC. The monoisotopic (exact) mass is 232 g/mol. The summed E-state index contributed by atoms with van der Waals surface area (Å²) in [4.78, 5) is 10.7. The van der Waals surface area contributed by atoms with Gasteiger partial charge in [0.1, 0.15) is 0 Å². The Bertz CT molecular complexity index is 226. The summed E-state index contributed by atoms with van der Waals surface area (Å²) in [5.41, 5.74) is 0. The fourth-order valence-electron chi connectivity index (χ4n) is 0.856. The second-order valence-corrected chi connectivity index (χ2v) is 5.51. The molecule has 0 aromatic heterocycles. The van der Waals surface area contributed by atoms with Gasteiger partial charge in [0.2, 0.25) is 0 Å². The number of esters is 1. The highest BCUT2D eigenvalue weighted by atomic mass is 28.4.